The summed E-state index contributed by atoms with van der Waals surface area (Å²) < 4.78 is 0. The van der Waals surface area contributed by atoms with E-state index in [1.165, 1.54) is 0 Å². The Kier molecular flexibility index (Phi) is 4.39. The van der Waals surface area contributed by atoms with Gasteiger partial charge in [-0.2, -0.15) is 0 Å². The highest BCUT2D eigenvalue weighted by Crippen LogP contribution is 2.35. The number of para-hydroxylation sites is 1. The maximum atomic E-state index is 11.4. The van der Waals surface area contributed by atoms with Gasteiger partial charge in [-0.1, -0.05) is 13.0 Å². The molecule has 1 fully saturated rings. The smallest absolute Gasteiger partial charge is 0.315 e. The molecular formula is C13H18N4O3. The van der Waals surface area contributed by atoms with Crippen molar-refractivity contribution < 1.29 is 9.72 Å². The van der Waals surface area contributed by atoms with E-state index in [0.29, 0.717) is 31.0 Å². The number of nitro groups is 1. The van der Waals surface area contributed by atoms with Gasteiger partial charge in [0.2, 0.25) is 5.91 Å². The number of nitrogens with zero attached hydrogens (tertiary/aromatic N) is 2. The molecule has 7 nitrogen and oxygen atoms in total. The number of nitrogens with one attached hydrogen (secondary N) is 2. The number of benzene rings is 1. The van der Waals surface area contributed by atoms with E-state index < -0.39 is 0 Å². The molecule has 0 aliphatic carbocycles. The van der Waals surface area contributed by atoms with Gasteiger partial charge in [-0.3, -0.25) is 14.9 Å². The van der Waals surface area contributed by atoms with Crippen molar-refractivity contribution in [1.29, 1.82) is 0 Å². The normalized spacial score (nSPS) is 14.8. The Morgan fingerprint density at radius 2 is 2.30 bits per heavy atom. The van der Waals surface area contributed by atoms with Crippen molar-refractivity contribution in [2.75, 3.05) is 36.4 Å². The molecule has 1 saturated heterocycles. The van der Waals surface area contributed by atoms with E-state index in [1.807, 2.05) is 6.92 Å². The zero-order valence-corrected chi connectivity index (χ0v) is 11.4. The minimum absolute atomic E-state index is 0.0376. The second-order valence-corrected chi connectivity index (χ2v) is 4.63. The standard InChI is InChI=1S/C13H18N4O3/c1-2-6-14-10-4-3-5-11(13(10)17(19)20)16-8-7-15-12(18)9-16/h3-5,14H,2,6-9H2,1H3,(H,15,18). The zero-order chi connectivity index (χ0) is 14.5. The summed E-state index contributed by atoms with van der Waals surface area (Å²) in [6.07, 6.45) is 0.882. The van der Waals surface area contributed by atoms with Gasteiger partial charge in [0.25, 0.3) is 0 Å². The maximum Gasteiger partial charge on any atom is 0.315 e. The molecule has 0 aromatic heterocycles. The SMILES string of the molecule is CCCNc1cccc(N2CCNC(=O)C2)c1[N+](=O)[O-]. The molecule has 1 heterocycles. The summed E-state index contributed by atoms with van der Waals surface area (Å²) in [6.45, 7) is 3.90. The number of anilines is 2. The average Bonchev–Trinajstić information content (AvgIpc) is 2.44. The summed E-state index contributed by atoms with van der Waals surface area (Å²) >= 11 is 0. The molecule has 0 unspecified atom stereocenters. The first-order chi connectivity index (χ1) is 9.63. The molecule has 0 bridgehead atoms. The van der Waals surface area contributed by atoms with Crippen LogP contribution in [0.2, 0.25) is 0 Å². The van der Waals surface area contributed by atoms with Gasteiger partial charge in [0.1, 0.15) is 11.4 Å². The summed E-state index contributed by atoms with van der Waals surface area (Å²) in [5.41, 5.74) is 1.03. The maximum absolute atomic E-state index is 11.4. The first-order valence-electron chi connectivity index (χ1n) is 6.66. The van der Waals surface area contributed by atoms with Crippen LogP contribution in [0, 0.1) is 10.1 Å². The summed E-state index contributed by atoms with van der Waals surface area (Å²) in [4.78, 5) is 24.2. The molecule has 2 rings (SSSR count). The molecule has 20 heavy (non-hydrogen) atoms. The number of piperazine rings is 1. The largest absolute Gasteiger partial charge is 0.379 e. The first kappa shape index (κ1) is 14.1. The third-order valence-corrected chi connectivity index (χ3v) is 3.14. The second-order valence-electron chi connectivity index (χ2n) is 4.63. The van der Waals surface area contributed by atoms with E-state index in [4.69, 9.17) is 0 Å². The van der Waals surface area contributed by atoms with Gasteiger partial charge in [0, 0.05) is 19.6 Å². The van der Waals surface area contributed by atoms with Crippen molar-refractivity contribution in [2.24, 2.45) is 0 Å². The van der Waals surface area contributed by atoms with Crippen LogP contribution in [0.4, 0.5) is 17.1 Å². The fraction of sp³-hybridized carbons (Fsp3) is 0.462. The minimum atomic E-state index is -0.389. The van der Waals surface area contributed by atoms with Gasteiger partial charge in [0.05, 0.1) is 11.5 Å². The van der Waals surface area contributed by atoms with Crippen LogP contribution in [0.3, 0.4) is 0 Å². The molecule has 0 saturated carbocycles. The monoisotopic (exact) mass is 278 g/mol. The van der Waals surface area contributed by atoms with E-state index in [9.17, 15) is 14.9 Å². The van der Waals surface area contributed by atoms with Crippen molar-refractivity contribution in [3.8, 4) is 0 Å². The Morgan fingerprint density at radius 3 is 2.95 bits per heavy atom. The highest BCUT2D eigenvalue weighted by Gasteiger charge is 2.26. The minimum Gasteiger partial charge on any atom is -0.379 e. The van der Waals surface area contributed by atoms with E-state index >= 15 is 0 Å². The molecule has 1 aliphatic heterocycles. The van der Waals surface area contributed by atoms with E-state index in [1.54, 1.807) is 23.1 Å². The molecule has 1 aromatic carbocycles. The Morgan fingerprint density at radius 1 is 1.50 bits per heavy atom. The average molecular weight is 278 g/mol. The van der Waals surface area contributed by atoms with Gasteiger partial charge < -0.3 is 15.5 Å². The number of nitro benzene ring substituents is 1. The molecular weight excluding hydrogens is 260 g/mol. The van der Waals surface area contributed by atoms with E-state index in [-0.39, 0.29) is 23.1 Å². The van der Waals surface area contributed by atoms with Gasteiger partial charge in [-0.15, -0.1) is 0 Å². The lowest BCUT2D eigenvalue weighted by atomic mass is 10.2. The molecule has 2 N–H and O–H groups in total. The predicted octanol–water partition coefficient (Wildman–Crippen LogP) is 1.35. The molecule has 7 heteroatoms. The van der Waals surface area contributed by atoms with Crippen molar-refractivity contribution in [3.05, 3.63) is 28.3 Å². The molecule has 1 aromatic rings. The fourth-order valence-corrected chi connectivity index (χ4v) is 2.22. The number of amides is 1. The summed E-state index contributed by atoms with van der Waals surface area (Å²) in [5.74, 6) is -0.113. The topological polar surface area (TPSA) is 87.5 Å². The number of hydrogen-bond donors (Lipinski definition) is 2. The number of hydrogen-bond acceptors (Lipinski definition) is 5. The second kappa shape index (κ2) is 6.23. The van der Waals surface area contributed by atoms with Crippen LogP contribution < -0.4 is 15.5 Å². The van der Waals surface area contributed by atoms with Crippen LogP contribution in [0.25, 0.3) is 0 Å². The van der Waals surface area contributed by atoms with Gasteiger partial charge >= 0.3 is 5.69 Å². The van der Waals surface area contributed by atoms with Crippen molar-refractivity contribution in [2.45, 2.75) is 13.3 Å². The third kappa shape index (κ3) is 2.98. The van der Waals surface area contributed by atoms with Crippen LogP contribution in [0.1, 0.15) is 13.3 Å². The molecule has 1 aliphatic rings. The van der Waals surface area contributed by atoms with Gasteiger partial charge in [0.15, 0.2) is 0 Å². The Bertz CT molecular complexity index is 518. The quantitative estimate of drug-likeness (QED) is 0.627. The molecule has 108 valence electrons. The highest BCUT2D eigenvalue weighted by atomic mass is 16.6. The number of carbonyl (C=O) groups is 1. The fourth-order valence-electron chi connectivity index (χ4n) is 2.22. The molecule has 0 radical (unpaired) electrons. The Labute approximate surface area is 117 Å². The Balaban J connectivity index is 2.35. The number of rotatable bonds is 5. The highest BCUT2D eigenvalue weighted by molar-refractivity contribution is 5.86. The summed E-state index contributed by atoms with van der Waals surface area (Å²) in [7, 11) is 0. The van der Waals surface area contributed by atoms with Crippen molar-refractivity contribution >= 4 is 23.0 Å². The van der Waals surface area contributed by atoms with E-state index in [2.05, 4.69) is 10.6 Å². The number of carbonyl (C=O) groups excluding carboxylic acids is 1. The van der Waals surface area contributed by atoms with Crippen molar-refractivity contribution in [1.82, 2.24) is 5.32 Å². The molecule has 1 amide bonds. The van der Waals surface area contributed by atoms with Crippen LogP contribution in [-0.2, 0) is 4.79 Å². The Hall–Kier alpha value is -2.31. The lowest BCUT2D eigenvalue weighted by Crippen LogP contribution is -2.47. The molecule has 0 atom stereocenters. The lowest BCUT2D eigenvalue weighted by molar-refractivity contribution is -0.383. The first-order valence-corrected chi connectivity index (χ1v) is 6.66. The van der Waals surface area contributed by atoms with Gasteiger partial charge in [-0.05, 0) is 18.6 Å². The van der Waals surface area contributed by atoms with Crippen molar-refractivity contribution in [3.63, 3.8) is 0 Å². The van der Waals surface area contributed by atoms with Crippen LogP contribution in [0.5, 0.6) is 0 Å². The predicted molar refractivity (Wildman–Crippen MR) is 77.1 cm³/mol. The van der Waals surface area contributed by atoms with Gasteiger partial charge in [-0.25, -0.2) is 0 Å². The lowest BCUT2D eigenvalue weighted by Gasteiger charge is -2.28. The summed E-state index contributed by atoms with van der Waals surface area (Å²) in [5, 5.41) is 17.1. The molecule has 0 spiro atoms. The zero-order valence-electron chi connectivity index (χ0n) is 11.4. The van der Waals surface area contributed by atoms with Crippen LogP contribution in [0.15, 0.2) is 18.2 Å². The summed E-state index contributed by atoms with van der Waals surface area (Å²) in [6, 6.07) is 5.15. The van der Waals surface area contributed by atoms with E-state index in [0.717, 1.165) is 6.42 Å². The van der Waals surface area contributed by atoms with Crippen LogP contribution >= 0.6 is 0 Å². The third-order valence-electron chi connectivity index (χ3n) is 3.14. The van der Waals surface area contributed by atoms with Crippen LogP contribution in [-0.4, -0.2) is 37.0 Å².